The highest BCUT2D eigenvalue weighted by Gasteiger charge is 2.23. The van der Waals surface area contributed by atoms with Crippen molar-refractivity contribution in [2.24, 2.45) is 4.99 Å². The fourth-order valence-corrected chi connectivity index (χ4v) is 8.75. The SMILES string of the molecule is C#CCC(N=C(c1ccccc1)c1ccccc1)c1nc2cccc(C)c2c(=O)n1-c1ccccc1.Cc1cccc2nc(CNC(c3ccccc3)c3ccccc3)n(-c3ccccc3)c(=O)c12. The molecular weight excluding hydrogens is 849 g/mol. The number of hydrogen-bond donors (Lipinski definition) is 1. The van der Waals surface area contributed by atoms with Crippen LogP contribution in [0.4, 0.5) is 0 Å². The Bertz CT molecular complexity index is 3450. The van der Waals surface area contributed by atoms with Crippen LogP contribution in [0.25, 0.3) is 33.2 Å². The zero-order valence-corrected chi connectivity index (χ0v) is 38.5. The topological polar surface area (TPSA) is 94.2 Å². The van der Waals surface area contributed by atoms with Gasteiger partial charge in [-0.2, -0.15) is 0 Å². The van der Waals surface area contributed by atoms with Crippen molar-refractivity contribution in [3.8, 4) is 23.7 Å². The Kier molecular flexibility index (Phi) is 14.0. The van der Waals surface area contributed by atoms with Gasteiger partial charge in [0.25, 0.3) is 11.1 Å². The van der Waals surface area contributed by atoms with E-state index in [9.17, 15) is 9.59 Å². The number of hydrogen-bond acceptors (Lipinski definition) is 6. The maximum absolute atomic E-state index is 13.9. The smallest absolute Gasteiger partial charge is 0.266 e. The van der Waals surface area contributed by atoms with E-state index in [1.165, 1.54) is 0 Å². The minimum absolute atomic E-state index is 0.0262. The molecule has 0 spiro atoms. The second kappa shape index (κ2) is 21.2. The molecule has 10 aromatic rings. The van der Waals surface area contributed by atoms with E-state index < -0.39 is 6.04 Å². The van der Waals surface area contributed by atoms with Crippen molar-refractivity contribution >= 4 is 27.5 Å². The van der Waals surface area contributed by atoms with Crippen LogP contribution < -0.4 is 16.4 Å². The van der Waals surface area contributed by atoms with Gasteiger partial charge < -0.3 is 0 Å². The van der Waals surface area contributed by atoms with Crippen LogP contribution >= 0.6 is 0 Å². The van der Waals surface area contributed by atoms with Gasteiger partial charge in [0.15, 0.2) is 0 Å². The van der Waals surface area contributed by atoms with Crippen molar-refractivity contribution in [1.29, 1.82) is 0 Å². The predicted octanol–water partition coefficient (Wildman–Crippen LogP) is 11.9. The summed E-state index contributed by atoms with van der Waals surface area (Å²) in [6.45, 7) is 4.32. The van der Waals surface area contributed by atoms with Crippen LogP contribution in [0.5, 0.6) is 0 Å². The maximum atomic E-state index is 13.9. The maximum Gasteiger partial charge on any atom is 0.266 e. The second-order valence-electron chi connectivity index (χ2n) is 16.7. The van der Waals surface area contributed by atoms with E-state index >= 15 is 0 Å². The molecule has 2 aromatic heterocycles. The highest BCUT2D eigenvalue weighted by Crippen LogP contribution is 2.28. The van der Waals surface area contributed by atoms with Crippen LogP contribution in [0, 0.1) is 26.2 Å². The average molecular weight is 899 g/mol. The van der Waals surface area contributed by atoms with Gasteiger partial charge in [-0.15, -0.1) is 12.3 Å². The molecule has 10 rings (SSSR count). The third-order valence-corrected chi connectivity index (χ3v) is 12.1. The summed E-state index contributed by atoms with van der Waals surface area (Å²) < 4.78 is 3.39. The number of aryl methyl sites for hydroxylation is 2. The van der Waals surface area contributed by atoms with Crippen molar-refractivity contribution in [3.05, 3.63) is 284 Å². The van der Waals surface area contributed by atoms with E-state index in [0.29, 0.717) is 40.9 Å². The van der Waals surface area contributed by atoms with E-state index in [1.54, 1.807) is 9.13 Å². The number of aliphatic imine (C=N–C) groups is 1. The molecule has 1 atom stereocenters. The van der Waals surface area contributed by atoms with Gasteiger partial charge in [0.2, 0.25) is 0 Å². The monoisotopic (exact) mass is 898 g/mol. The molecule has 0 aliphatic heterocycles. The number of rotatable bonds is 12. The molecule has 0 aliphatic rings. The quantitative estimate of drug-likeness (QED) is 0.0974. The summed E-state index contributed by atoms with van der Waals surface area (Å²) in [4.78, 5) is 42.7. The Morgan fingerprint density at radius 2 is 0.957 bits per heavy atom. The van der Waals surface area contributed by atoms with E-state index in [4.69, 9.17) is 21.4 Å². The van der Waals surface area contributed by atoms with Crippen LogP contribution in [0.2, 0.25) is 0 Å². The number of terminal acetylenes is 1. The number of nitrogens with zero attached hydrogens (tertiary/aromatic N) is 5. The fourth-order valence-electron chi connectivity index (χ4n) is 8.75. The van der Waals surface area contributed by atoms with Crippen LogP contribution in [0.1, 0.15) is 63.5 Å². The summed E-state index contributed by atoms with van der Waals surface area (Å²) in [5.74, 6) is 3.97. The molecular formula is C61H50N6O2. The van der Waals surface area contributed by atoms with Gasteiger partial charge in [-0.25, -0.2) is 9.97 Å². The van der Waals surface area contributed by atoms with Crippen LogP contribution in [-0.4, -0.2) is 24.8 Å². The summed E-state index contributed by atoms with van der Waals surface area (Å²) in [5.41, 5.74) is 9.61. The minimum atomic E-state index is -0.539. The fraction of sp³-hybridized carbons (Fsp3) is 0.0984. The Morgan fingerprint density at radius 1 is 0.536 bits per heavy atom. The molecule has 8 aromatic carbocycles. The third kappa shape index (κ3) is 10.0. The normalized spacial score (nSPS) is 11.4. The summed E-state index contributed by atoms with van der Waals surface area (Å²) in [6, 6.07) is 71.0. The van der Waals surface area contributed by atoms with Gasteiger partial charge in [-0.3, -0.25) is 29.0 Å². The summed E-state index contributed by atoms with van der Waals surface area (Å²) in [6.07, 6.45) is 6.14. The second-order valence-corrected chi connectivity index (χ2v) is 16.7. The lowest BCUT2D eigenvalue weighted by molar-refractivity contribution is 0.576. The van der Waals surface area contributed by atoms with Crippen molar-refractivity contribution in [3.63, 3.8) is 0 Å². The standard InChI is InChI=1S/C32H25N3O.C29H25N3O/c1-3-14-28(33-30(24-16-7-4-8-17-24)25-18-9-5-10-19-25)31-34-27-22-13-15-23(2)29(27)32(36)35(31)26-20-11-6-12-21-26;1-21-12-11-19-25-27(21)29(33)32(24-17-9-4-10-18-24)26(31-25)20-30-28(22-13-5-2-6-14-22)23-15-7-3-8-16-23/h1,4-13,15-22,28H,14H2,2H3;2-19,28,30H,20H2,1H3. The number of para-hydroxylation sites is 2. The molecule has 2 heterocycles. The Balaban J connectivity index is 0.000000172. The first-order chi connectivity index (χ1) is 33.9. The molecule has 1 N–H and O–H groups in total. The summed E-state index contributed by atoms with van der Waals surface area (Å²) in [5, 5.41) is 4.92. The Morgan fingerprint density at radius 3 is 1.43 bits per heavy atom. The summed E-state index contributed by atoms with van der Waals surface area (Å²) >= 11 is 0. The lowest BCUT2D eigenvalue weighted by Crippen LogP contribution is -2.30. The van der Waals surface area contributed by atoms with Crippen molar-refractivity contribution in [1.82, 2.24) is 24.4 Å². The minimum Gasteiger partial charge on any atom is -0.299 e. The third-order valence-electron chi connectivity index (χ3n) is 12.1. The number of aromatic nitrogens is 4. The van der Waals surface area contributed by atoms with Crippen LogP contribution in [-0.2, 0) is 6.54 Å². The van der Waals surface area contributed by atoms with Crippen LogP contribution in [0.3, 0.4) is 0 Å². The highest BCUT2D eigenvalue weighted by molar-refractivity contribution is 6.13. The number of nitrogens with one attached hydrogen (secondary N) is 1. The van der Waals surface area contributed by atoms with Gasteiger partial charge in [-0.05, 0) is 72.5 Å². The van der Waals surface area contributed by atoms with Crippen molar-refractivity contribution < 1.29 is 0 Å². The first kappa shape index (κ1) is 45.4. The Labute approximate surface area is 402 Å². The lowest BCUT2D eigenvalue weighted by Gasteiger charge is -2.21. The van der Waals surface area contributed by atoms with Gasteiger partial charge in [0.1, 0.15) is 17.7 Å². The number of fused-ring (bicyclic) bond motifs is 2. The first-order valence-corrected chi connectivity index (χ1v) is 23.0. The zero-order chi connectivity index (χ0) is 47.5. The molecule has 0 radical (unpaired) electrons. The molecule has 336 valence electrons. The molecule has 69 heavy (non-hydrogen) atoms. The van der Waals surface area contributed by atoms with Crippen molar-refractivity contribution in [2.75, 3.05) is 0 Å². The van der Waals surface area contributed by atoms with E-state index in [1.807, 2.05) is 208 Å². The molecule has 0 bridgehead atoms. The van der Waals surface area contributed by atoms with Gasteiger partial charge >= 0.3 is 0 Å². The molecule has 1 unspecified atom stereocenters. The molecule has 0 saturated heterocycles. The van der Waals surface area contributed by atoms with E-state index in [0.717, 1.165) is 56.0 Å². The first-order valence-electron chi connectivity index (χ1n) is 23.0. The summed E-state index contributed by atoms with van der Waals surface area (Å²) in [7, 11) is 0. The average Bonchev–Trinajstić information content (AvgIpc) is 3.39. The zero-order valence-electron chi connectivity index (χ0n) is 38.5. The van der Waals surface area contributed by atoms with Gasteiger partial charge in [0.05, 0.1) is 51.5 Å². The Hall–Kier alpha value is -8.77. The molecule has 0 saturated carbocycles. The number of benzene rings is 8. The van der Waals surface area contributed by atoms with E-state index in [-0.39, 0.29) is 17.2 Å². The molecule has 0 fully saturated rings. The van der Waals surface area contributed by atoms with E-state index in [2.05, 4.69) is 35.5 Å². The molecule has 0 aliphatic carbocycles. The van der Waals surface area contributed by atoms with Crippen molar-refractivity contribution in [2.45, 2.75) is 38.9 Å². The van der Waals surface area contributed by atoms with Gasteiger partial charge in [-0.1, -0.05) is 182 Å². The lowest BCUT2D eigenvalue weighted by atomic mass is 9.99. The predicted molar refractivity (Wildman–Crippen MR) is 280 cm³/mol. The molecule has 0 amide bonds. The molecule has 8 heteroatoms. The van der Waals surface area contributed by atoms with Gasteiger partial charge in [0, 0.05) is 17.5 Å². The largest absolute Gasteiger partial charge is 0.299 e. The van der Waals surface area contributed by atoms with Crippen LogP contribution in [0.15, 0.2) is 233 Å². The highest BCUT2D eigenvalue weighted by atomic mass is 16.1. The molecule has 8 nitrogen and oxygen atoms in total.